The smallest absolute Gasteiger partial charge is 0.305 e. The lowest BCUT2D eigenvalue weighted by molar-refractivity contribution is -0.140. The first-order chi connectivity index (χ1) is 7.54. The summed E-state index contributed by atoms with van der Waals surface area (Å²) in [5, 5.41) is 2.25. The van der Waals surface area contributed by atoms with Crippen molar-refractivity contribution < 1.29 is 19.1 Å². The van der Waals surface area contributed by atoms with Crippen LogP contribution in [-0.2, 0) is 19.1 Å². The lowest BCUT2D eigenvalue weighted by Crippen LogP contribution is -2.38. The molecule has 1 aliphatic rings. The molecule has 90 valence electrons. The van der Waals surface area contributed by atoms with E-state index in [9.17, 15) is 14.4 Å². The number of imide groups is 1. The molecule has 0 saturated carbocycles. The zero-order chi connectivity index (χ0) is 12.1. The van der Waals surface area contributed by atoms with Crippen molar-refractivity contribution in [2.24, 2.45) is 0 Å². The first kappa shape index (κ1) is 12.6. The quantitative estimate of drug-likeness (QED) is 0.497. The third kappa shape index (κ3) is 3.30. The molecule has 0 bridgehead atoms. The molecule has 2 amide bonds. The monoisotopic (exact) mass is 228 g/mol. The SMILES string of the molecule is COC(=O)CCCN(C)C1CC(=O)NC1=O. The molecule has 1 heterocycles. The van der Waals surface area contributed by atoms with E-state index in [4.69, 9.17) is 0 Å². The fourth-order valence-corrected chi connectivity index (χ4v) is 1.63. The van der Waals surface area contributed by atoms with Crippen LogP contribution in [0.15, 0.2) is 0 Å². The standard InChI is InChI=1S/C10H16N2O4/c1-12(5-3-4-9(14)16-2)7-6-8(13)11-10(7)15/h7H,3-6H2,1-2H3,(H,11,13,15). The fraction of sp³-hybridized carbons (Fsp3) is 0.700. The van der Waals surface area contributed by atoms with E-state index in [0.29, 0.717) is 19.4 Å². The van der Waals surface area contributed by atoms with E-state index >= 15 is 0 Å². The predicted molar refractivity (Wildman–Crippen MR) is 55.4 cm³/mol. The molecular formula is C10H16N2O4. The molecule has 1 N–H and O–H groups in total. The summed E-state index contributed by atoms with van der Waals surface area (Å²) >= 11 is 0. The molecule has 0 aliphatic carbocycles. The summed E-state index contributed by atoms with van der Waals surface area (Å²) in [5.41, 5.74) is 0. The minimum atomic E-state index is -0.398. The summed E-state index contributed by atoms with van der Waals surface area (Å²) < 4.78 is 4.50. The summed E-state index contributed by atoms with van der Waals surface area (Å²) in [5.74, 6) is -0.763. The molecule has 0 spiro atoms. The minimum absolute atomic E-state index is 0.202. The molecule has 0 radical (unpaired) electrons. The maximum atomic E-state index is 11.3. The Balaban J connectivity index is 2.30. The maximum absolute atomic E-state index is 11.3. The number of nitrogens with zero attached hydrogens (tertiary/aromatic N) is 1. The van der Waals surface area contributed by atoms with Crippen LogP contribution in [0.2, 0.25) is 0 Å². The predicted octanol–water partition coefficient (Wildman–Crippen LogP) is -0.713. The molecule has 1 atom stereocenters. The van der Waals surface area contributed by atoms with Crippen LogP contribution < -0.4 is 5.32 Å². The second kappa shape index (κ2) is 5.60. The van der Waals surface area contributed by atoms with Crippen LogP contribution in [0.5, 0.6) is 0 Å². The molecule has 0 aromatic rings. The highest BCUT2D eigenvalue weighted by Gasteiger charge is 2.33. The number of likely N-dealkylation sites (N-methyl/N-ethyl adjacent to an activating group) is 1. The van der Waals surface area contributed by atoms with Gasteiger partial charge >= 0.3 is 5.97 Å². The van der Waals surface area contributed by atoms with Gasteiger partial charge in [-0.1, -0.05) is 0 Å². The molecule has 6 heteroatoms. The van der Waals surface area contributed by atoms with Gasteiger partial charge in [0.05, 0.1) is 19.6 Å². The topological polar surface area (TPSA) is 75.7 Å². The first-order valence-electron chi connectivity index (χ1n) is 5.15. The van der Waals surface area contributed by atoms with Crippen LogP contribution >= 0.6 is 0 Å². The lowest BCUT2D eigenvalue weighted by atomic mass is 10.2. The van der Waals surface area contributed by atoms with Crippen molar-refractivity contribution in [2.45, 2.75) is 25.3 Å². The number of amides is 2. The number of esters is 1. The van der Waals surface area contributed by atoms with Crippen molar-refractivity contribution in [3.63, 3.8) is 0 Å². The molecule has 1 rings (SSSR count). The summed E-state index contributed by atoms with van der Waals surface area (Å²) in [4.78, 5) is 34.9. The molecule has 0 aromatic carbocycles. The molecule has 1 unspecified atom stereocenters. The molecule has 6 nitrogen and oxygen atoms in total. The Kier molecular flexibility index (Phi) is 4.42. The lowest BCUT2D eigenvalue weighted by Gasteiger charge is -2.20. The number of methoxy groups -OCH3 is 1. The molecule has 1 aliphatic heterocycles. The second-order valence-electron chi connectivity index (χ2n) is 3.79. The highest BCUT2D eigenvalue weighted by atomic mass is 16.5. The van der Waals surface area contributed by atoms with Crippen molar-refractivity contribution in [1.82, 2.24) is 10.2 Å². The molecule has 16 heavy (non-hydrogen) atoms. The number of nitrogens with one attached hydrogen (secondary N) is 1. The van der Waals surface area contributed by atoms with E-state index in [1.807, 2.05) is 0 Å². The first-order valence-corrected chi connectivity index (χ1v) is 5.15. The average Bonchev–Trinajstić information content (AvgIpc) is 2.57. The molecule has 1 fully saturated rings. The summed E-state index contributed by atoms with van der Waals surface area (Å²) in [6.45, 7) is 0.584. The largest absolute Gasteiger partial charge is 0.469 e. The van der Waals surface area contributed by atoms with E-state index in [1.54, 1.807) is 11.9 Å². The van der Waals surface area contributed by atoms with Crippen molar-refractivity contribution in [1.29, 1.82) is 0 Å². The highest BCUT2D eigenvalue weighted by molar-refractivity contribution is 6.05. The number of hydrogen-bond donors (Lipinski definition) is 1. The Morgan fingerprint density at radius 2 is 2.25 bits per heavy atom. The van der Waals surface area contributed by atoms with Crippen molar-refractivity contribution in [3.8, 4) is 0 Å². The Labute approximate surface area is 93.9 Å². The number of ether oxygens (including phenoxy) is 1. The van der Waals surface area contributed by atoms with E-state index in [2.05, 4.69) is 10.1 Å². The zero-order valence-electron chi connectivity index (χ0n) is 9.49. The van der Waals surface area contributed by atoms with Crippen LogP contribution in [-0.4, -0.2) is 49.4 Å². The van der Waals surface area contributed by atoms with Gasteiger partial charge in [0.1, 0.15) is 0 Å². The summed E-state index contributed by atoms with van der Waals surface area (Å²) in [6, 6.07) is -0.398. The van der Waals surface area contributed by atoms with Crippen LogP contribution in [0.3, 0.4) is 0 Å². The summed E-state index contributed by atoms with van der Waals surface area (Å²) in [7, 11) is 3.11. The van der Waals surface area contributed by atoms with Gasteiger partial charge in [0.25, 0.3) is 0 Å². The van der Waals surface area contributed by atoms with Crippen LogP contribution in [0, 0.1) is 0 Å². The Hall–Kier alpha value is -1.43. The van der Waals surface area contributed by atoms with Gasteiger partial charge in [0.15, 0.2) is 0 Å². The summed E-state index contributed by atoms with van der Waals surface area (Å²) in [6.07, 6.45) is 1.14. The molecular weight excluding hydrogens is 212 g/mol. The number of hydrogen-bond acceptors (Lipinski definition) is 5. The van der Waals surface area contributed by atoms with Crippen molar-refractivity contribution >= 4 is 17.8 Å². The van der Waals surface area contributed by atoms with E-state index in [1.165, 1.54) is 7.11 Å². The van der Waals surface area contributed by atoms with Crippen LogP contribution in [0.25, 0.3) is 0 Å². The van der Waals surface area contributed by atoms with E-state index < -0.39 is 6.04 Å². The normalized spacial score (nSPS) is 20.1. The van der Waals surface area contributed by atoms with E-state index in [0.717, 1.165) is 0 Å². The zero-order valence-corrected chi connectivity index (χ0v) is 9.49. The van der Waals surface area contributed by atoms with Crippen LogP contribution in [0.1, 0.15) is 19.3 Å². The third-order valence-electron chi connectivity index (χ3n) is 2.60. The number of carbonyl (C=O) groups is 3. The highest BCUT2D eigenvalue weighted by Crippen LogP contribution is 2.09. The second-order valence-corrected chi connectivity index (χ2v) is 3.79. The van der Waals surface area contributed by atoms with Crippen molar-refractivity contribution in [2.75, 3.05) is 20.7 Å². The minimum Gasteiger partial charge on any atom is -0.469 e. The number of carbonyl (C=O) groups excluding carboxylic acids is 3. The van der Waals surface area contributed by atoms with Gasteiger partial charge in [-0.2, -0.15) is 0 Å². The maximum Gasteiger partial charge on any atom is 0.305 e. The third-order valence-corrected chi connectivity index (χ3v) is 2.60. The van der Waals surface area contributed by atoms with Crippen molar-refractivity contribution in [3.05, 3.63) is 0 Å². The van der Waals surface area contributed by atoms with E-state index in [-0.39, 0.29) is 24.2 Å². The fourth-order valence-electron chi connectivity index (χ4n) is 1.63. The number of rotatable bonds is 5. The Morgan fingerprint density at radius 3 is 2.75 bits per heavy atom. The van der Waals surface area contributed by atoms with Gasteiger partial charge in [0, 0.05) is 6.42 Å². The van der Waals surface area contributed by atoms with Gasteiger partial charge < -0.3 is 4.74 Å². The van der Waals surface area contributed by atoms with Gasteiger partial charge in [-0.15, -0.1) is 0 Å². The van der Waals surface area contributed by atoms with Gasteiger partial charge in [0.2, 0.25) is 11.8 Å². The average molecular weight is 228 g/mol. The van der Waals surface area contributed by atoms with Gasteiger partial charge in [-0.05, 0) is 20.0 Å². The Bertz CT molecular complexity index is 303. The molecule has 0 aromatic heterocycles. The Morgan fingerprint density at radius 1 is 1.56 bits per heavy atom. The molecule has 1 saturated heterocycles. The van der Waals surface area contributed by atoms with Gasteiger partial charge in [-0.3, -0.25) is 24.6 Å². The van der Waals surface area contributed by atoms with Gasteiger partial charge in [-0.25, -0.2) is 0 Å². The van der Waals surface area contributed by atoms with Crippen LogP contribution in [0.4, 0.5) is 0 Å².